The van der Waals surface area contributed by atoms with Crippen LogP contribution < -0.4 is 4.72 Å². The number of hydrogen-bond donors (Lipinski definition) is 2. The van der Waals surface area contributed by atoms with Gasteiger partial charge >= 0.3 is 0 Å². The zero-order valence-corrected chi connectivity index (χ0v) is 11.9. The summed E-state index contributed by atoms with van der Waals surface area (Å²) < 4.78 is 28.3. The van der Waals surface area contributed by atoms with Gasteiger partial charge in [-0.1, -0.05) is 6.92 Å². The second-order valence-corrected chi connectivity index (χ2v) is 6.95. The van der Waals surface area contributed by atoms with E-state index in [1.54, 1.807) is 0 Å². The molecule has 1 saturated carbocycles. The van der Waals surface area contributed by atoms with E-state index in [1.807, 2.05) is 0 Å². The van der Waals surface area contributed by atoms with Gasteiger partial charge in [-0.25, -0.2) is 13.1 Å². The summed E-state index contributed by atoms with van der Waals surface area (Å²) in [6.07, 6.45) is 5.83. The molecule has 1 aliphatic rings. The van der Waals surface area contributed by atoms with E-state index in [1.165, 1.54) is 29.9 Å². The second-order valence-electron chi connectivity index (χ2n) is 5.18. The lowest BCUT2D eigenvalue weighted by Crippen LogP contribution is -2.28. The summed E-state index contributed by atoms with van der Waals surface area (Å²) in [6, 6.07) is 0. The van der Waals surface area contributed by atoms with E-state index in [4.69, 9.17) is 5.11 Å². The summed E-state index contributed by atoms with van der Waals surface area (Å²) in [4.78, 5) is 0.188. The van der Waals surface area contributed by atoms with Crippen LogP contribution in [0, 0.1) is 11.8 Å². The van der Waals surface area contributed by atoms with Crippen LogP contribution in [0.1, 0.15) is 26.2 Å². The maximum absolute atomic E-state index is 12.1. The van der Waals surface area contributed by atoms with Gasteiger partial charge in [0, 0.05) is 25.9 Å². The van der Waals surface area contributed by atoms with Crippen molar-refractivity contribution in [1.82, 2.24) is 14.5 Å². The maximum Gasteiger partial charge on any atom is 0.243 e. The topological polar surface area (TPSA) is 84.2 Å². The van der Waals surface area contributed by atoms with Gasteiger partial charge in [-0.2, -0.15) is 5.10 Å². The molecule has 7 heteroatoms. The first-order valence-electron chi connectivity index (χ1n) is 6.66. The fourth-order valence-electron chi connectivity index (χ4n) is 1.99. The van der Waals surface area contributed by atoms with Gasteiger partial charge in [0.1, 0.15) is 4.90 Å². The lowest BCUT2D eigenvalue weighted by molar-refractivity contribution is 0.277. The predicted molar refractivity (Wildman–Crippen MR) is 71.0 cm³/mol. The number of rotatable bonds is 8. The molecule has 1 aliphatic carbocycles. The van der Waals surface area contributed by atoms with E-state index in [9.17, 15) is 8.42 Å². The third-order valence-electron chi connectivity index (χ3n) is 3.49. The van der Waals surface area contributed by atoms with E-state index in [0.717, 1.165) is 0 Å². The van der Waals surface area contributed by atoms with Crippen LogP contribution in [-0.2, 0) is 16.6 Å². The molecule has 0 aromatic carbocycles. The molecule has 0 aliphatic heterocycles. The molecule has 1 aromatic rings. The van der Waals surface area contributed by atoms with Crippen LogP contribution in [0.25, 0.3) is 0 Å². The number of aliphatic hydroxyl groups excluding tert-OH is 1. The molecule has 0 spiro atoms. The molecule has 2 rings (SSSR count). The Hall–Kier alpha value is -0.920. The van der Waals surface area contributed by atoms with E-state index < -0.39 is 10.0 Å². The largest absolute Gasteiger partial charge is 0.396 e. The molecule has 2 N–H and O–H groups in total. The summed E-state index contributed by atoms with van der Waals surface area (Å²) >= 11 is 0. The molecule has 1 atom stereocenters. The number of hydrogen-bond acceptors (Lipinski definition) is 4. The average molecular weight is 287 g/mol. The van der Waals surface area contributed by atoms with Gasteiger partial charge in [-0.15, -0.1) is 0 Å². The number of nitrogens with one attached hydrogen (secondary N) is 1. The zero-order valence-electron chi connectivity index (χ0n) is 11.1. The van der Waals surface area contributed by atoms with Crippen molar-refractivity contribution in [2.24, 2.45) is 11.8 Å². The third-order valence-corrected chi connectivity index (χ3v) is 4.87. The Morgan fingerprint density at radius 1 is 1.58 bits per heavy atom. The molecule has 1 unspecified atom stereocenters. The van der Waals surface area contributed by atoms with Crippen LogP contribution in [0.15, 0.2) is 17.3 Å². The van der Waals surface area contributed by atoms with Gasteiger partial charge in [0.25, 0.3) is 0 Å². The Kier molecular flexibility index (Phi) is 4.59. The normalized spacial score (nSPS) is 17.6. The molecule has 19 heavy (non-hydrogen) atoms. The fraction of sp³-hybridized carbons (Fsp3) is 0.750. The molecule has 0 bridgehead atoms. The van der Waals surface area contributed by atoms with E-state index in [0.29, 0.717) is 31.3 Å². The molecule has 6 nitrogen and oxygen atoms in total. The Labute approximate surface area is 113 Å². The highest BCUT2D eigenvalue weighted by Gasteiger charge is 2.29. The maximum atomic E-state index is 12.1. The van der Waals surface area contributed by atoms with Crippen LogP contribution in [0.2, 0.25) is 0 Å². The Morgan fingerprint density at radius 3 is 2.95 bits per heavy atom. The lowest BCUT2D eigenvalue weighted by Gasteiger charge is -2.10. The Bertz CT molecular complexity index is 508. The van der Waals surface area contributed by atoms with E-state index >= 15 is 0 Å². The second kappa shape index (κ2) is 6.02. The Balaban J connectivity index is 1.92. The van der Waals surface area contributed by atoms with Crippen molar-refractivity contribution < 1.29 is 13.5 Å². The predicted octanol–water partition coefficient (Wildman–Crippen LogP) is 0.590. The quantitative estimate of drug-likeness (QED) is 0.733. The number of aryl methyl sites for hydroxylation is 1. The molecule has 1 aromatic heterocycles. The van der Waals surface area contributed by atoms with E-state index in [-0.39, 0.29) is 11.5 Å². The van der Waals surface area contributed by atoms with Gasteiger partial charge in [0.05, 0.1) is 6.20 Å². The summed E-state index contributed by atoms with van der Waals surface area (Å²) in [5.41, 5.74) is 0. The smallest absolute Gasteiger partial charge is 0.243 e. The van der Waals surface area contributed by atoms with Crippen LogP contribution in [0.4, 0.5) is 0 Å². The summed E-state index contributed by atoms with van der Waals surface area (Å²) in [7, 11) is -3.46. The zero-order chi connectivity index (χ0) is 13.9. The molecular formula is C12H21N3O3S. The van der Waals surface area contributed by atoms with Crippen LogP contribution in [-0.4, -0.2) is 36.5 Å². The van der Waals surface area contributed by atoms with Crippen molar-refractivity contribution in [3.8, 4) is 0 Å². The summed E-state index contributed by atoms with van der Waals surface area (Å²) in [5, 5.41) is 12.7. The molecule has 1 fully saturated rings. The molecule has 0 saturated heterocycles. The fourth-order valence-corrected chi connectivity index (χ4v) is 3.09. The minimum atomic E-state index is -3.46. The Morgan fingerprint density at radius 2 is 2.32 bits per heavy atom. The van der Waals surface area contributed by atoms with Gasteiger partial charge in [0.2, 0.25) is 10.0 Å². The number of nitrogens with zero attached hydrogens (tertiary/aromatic N) is 2. The third kappa shape index (κ3) is 4.02. The molecule has 1 heterocycles. The van der Waals surface area contributed by atoms with Gasteiger partial charge in [-0.05, 0) is 31.1 Å². The van der Waals surface area contributed by atoms with Crippen molar-refractivity contribution >= 4 is 10.0 Å². The van der Waals surface area contributed by atoms with Crippen LogP contribution >= 0.6 is 0 Å². The summed E-state index contributed by atoms with van der Waals surface area (Å²) in [5.74, 6) is 1.06. The highest BCUT2D eigenvalue weighted by atomic mass is 32.2. The minimum Gasteiger partial charge on any atom is -0.396 e. The molecule has 108 valence electrons. The van der Waals surface area contributed by atoms with Crippen molar-refractivity contribution in [3.63, 3.8) is 0 Å². The minimum absolute atomic E-state index is 0.0685. The average Bonchev–Trinajstić information content (AvgIpc) is 3.12. The van der Waals surface area contributed by atoms with Gasteiger partial charge in [0.15, 0.2) is 0 Å². The monoisotopic (exact) mass is 287 g/mol. The highest BCUT2D eigenvalue weighted by Crippen LogP contribution is 2.36. The first-order chi connectivity index (χ1) is 9.03. The molecular weight excluding hydrogens is 266 g/mol. The first kappa shape index (κ1) is 14.5. The van der Waals surface area contributed by atoms with Gasteiger partial charge in [-0.3, -0.25) is 4.68 Å². The van der Waals surface area contributed by atoms with Crippen molar-refractivity contribution in [2.45, 2.75) is 37.6 Å². The van der Waals surface area contributed by atoms with Crippen molar-refractivity contribution in [2.75, 3.05) is 13.2 Å². The van der Waals surface area contributed by atoms with Gasteiger partial charge < -0.3 is 5.11 Å². The number of sulfonamides is 1. The number of aliphatic hydroxyl groups is 1. The summed E-state index contributed by atoms with van der Waals surface area (Å²) in [6.45, 7) is 3.14. The van der Waals surface area contributed by atoms with Crippen LogP contribution in [0.5, 0.6) is 0 Å². The SMILES string of the molecule is CC(CNS(=O)(=O)c1cnn(CCCO)c1)C1CC1. The standard InChI is InChI=1S/C12H21N3O3S/c1-10(11-3-4-11)7-14-19(17,18)12-8-13-15(9-12)5-2-6-16/h8-11,14,16H,2-7H2,1H3. The first-order valence-corrected chi connectivity index (χ1v) is 8.14. The highest BCUT2D eigenvalue weighted by molar-refractivity contribution is 7.89. The molecule has 0 radical (unpaired) electrons. The number of aromatic nitrogens is 2. The van der Waals surface area contributed by atoms with Crippen molar-refractivity contribution in [3.05, 3.63) is 12.4 Å². The van der Waals surface area contributed by atoms with Crippen molar-refractivity contribution in [1.29, 1.82) is 0 Å². The molecule has 0 amide bonds. The van der Waals surface area contributed by atoms with E-state index in [2.05, 4.69) is 16.7 Å². The lowest BCUT2D eigenvalue weighted by atomic mass is 10.1. The van der Waals surface area contributed by atoms with Crippen LogP contribution in [0.3, 0.4) is 0 Å².